The summed E-state index contributed by atoms with van der Waals surface area (Å²) in [5.74, 6) is 0. The first-order valence-corrected chi connectivity index (χ1v) is 6.78. The lowest BCUT2D eigenvalue weighted by Gasteiger charge is -2.37. The van der Waals surface area contributed by atoms with Crippen molar-refractivity contribution in [2.45, 2.75) is 40.3 Å². The van der Waals surface area contributed by atoms with Gasteiger partial charge in [-0.2, -0.15) is 0 Å². The Kier molecular flexibility index (Phi) is 4.62. The Bertz CT molecular complexity index is 382. The van der Waals surface area contributed by atoms with Gasteiger partial charge in [0.15, 0.2) is 0 Å². The monoisotopic (exact) mass is 298 g/mol. The van der Waals surface area contributed by atoms with Crippen molar-refractivity contribution in [3.05, 3.63) is 28.2 Å². The topological polar surface area (TPSA) is 29.3 Å². The summed E-state index contributed by atoms with van der Waals surface area (Å²) in [5.41, 5.74) is 8.25. The van der Waals surface area contributed by atoms with Gasteiger partial charge in [-0.3, -0.25) is 0 Å². The van der Waals surface area contributed by atoms with Crippen LogP contribution < -0.4 is 10.6 Å². The van der Waals surface area contributed by atoms with Gasteiger partial charge in [-0.05, 0) is 46.0 Å². The second-order valence-corrected chi connectivity index (χ2v) is 6.50. The maximum atomic E-state index is 5.64. The molecule has 96 valence electrons. The smallest absolute Gasteiger partial charge is 0.0510 e. The van der Waals surface area contributed by atoms with Crippen LogP contribution in [-0.2, 0) is 6.54 Å². The van der Waals surface area contributed by atoms with Crippen molar-refractivity contribution >= 4 is 21.6 Å². The molecule has 0 aromatic heterocycles. The number of anilines is 1. The fourth-order valence-corrected chi connectivity index (χ4v) is 2.46. The van der Waals surface area contributed by atoms with Crippen molar-refractivity contribution in [3.8, 4) is 0 Å². The molecule has 0 amide bonds. The van der Waals surface area contributed by atoms with E-state index in [0.717, 1.165) is 10.0 Å². The number of rotatable bonds is 3. The zero-order valence-electron chi connectivity index (χ0n) is 11.4. The van der Waals surface area contributed by atoms with E-state index >= 15 is 0 Å². The average molecular weight is 299 g/mol. The SMILES string of the molecule is CC(N(C)c1ccc(CN)cc1Br)C(C)(C)C. The van der Waals surface area contributed by atoms with Crippen molar-refractivity contribution in [3.63, 3.8) is 0 Å². The van der Waals surface area contributed by atoms with Crippen molar-refractivity contribution in [1.82, 2.24) is 0 Å². The Morgan fingerprint density at radius 1 is 1.35 bits per heavy atom. The fraction of sp³-hybridized carbons (Fsp3) is 0.571. The van der Waals surface area contributed by atoms with Crippen molar-refractivity contribution in [1.29, 1.82) is 0 Å². The maximum absolute atomic E-state index is 5.64. The van der Waals surface area contributed by atoms with Gasteiger partial charge in [-0.25, -0.2) is 0 Å². The molecule has 0 aliphatic heterocycles. The van der Waals surface area contributed by atoms with E-state index in [2.05, 4.69) is 73.8 Å². The van der Waals surface area contributed by atoms with Crippen LogP contribution in [0.5, 0.6) is 0 Å². The third kappa shape index (κ3) is 3.46. The fourth-order valence-electron chi connectivity index (χ4n) is 1.75. The lowest BCUT2D eigenvalue weighted by molar-refractivity contribution is 0.329. The van der Waals surface area contributed by atoms with Crippen molar-refractivity contribution in [2.24, 2.45) is 11.1 Å². The van der Waals surface area contributed by atoms with Gasteiger partial charge in [0.2, 0.25) is 0 Å². The third-order valence-electron chi connectivity index (χ3n) is 3.46. The molecule has 2 nitrogen and oxygen atoms in total. The van der Waals surface area contributed by atoms with Crippen molar-refractivity contribution < 1.29 is 0 Å². The van der Waals surface area contributed by atoms with Crippen LogP contribution in [0.2, 0.25) is 0 Å². The molecule has 1 aromatic rings. The standard InChI is InChI=1S/C14H23BrN2/c1-10(14(2,3)4)17(5)13-7-6-11(9-16)8-12(13)15/h6-8,10H,9,16H2,1-5H3. The average Bonchev–Trinajstić information content (AvgIpc) is 2.25. The summed E-state index contributed by atoms with van der Waals surface area (Å²) in [4.78, 5) is 2.31. The third-order valence-corrected chi connectivity index (χ3v) is 4.10. The molecule has 0 aliphatic rings. The molecule has 3 heteroatoms. The highest BCUT2D eigenvalue weighted by atomic mass is 79.9. The molecular formula is C14H23BrN2. The normalized spacial score (nSPS) is 13.6. The van der Waals surface area contributed by atoms with Gasteiger partial charge in [0.25, 0.3) is 0 Å². The molecule has 1 unspecified atom stereocenters. The van der Waals surface area contributed by atoms with E-state index in [1.165, 1.54) is 5.69 Å². The Balaban J connectivity index is 3.01. The Hall–Kier alpha value is -0.540. The molecule has 0 heterocycles. The van der Waals surface area contributed by atoms with Gasteiger partial charge >= 0.3 is 0 Å². The minimum atomic E-state index is 0.251. The second kappa shape index (κ2) is 5.40. The Morgan fingerprint density at radius 3 is 2.35 bits per heavy atom. The zero-order valence-corrected chi connectivity index (χ0v) is 13.0. The van der Waals surface area contributed by atoms with E-state index in [1.807, 2.05) is 0 Å². The molecular weight excluding hydrogens is 276 g/mol. The van der Waals surface area contributed by atoms with Crippen LogP contribution in [0, 0.1) is 5.41 Å². The number of halogens is 1. The van der Waals surface area contributed by atoms with Gasteiger partial charge < -0.3 is 10.6 Å². The van der Waals surface area contributed by atoms with E-state index < -0.39 is 0 Å². The van der Waals surface area contributed by atoms with Gasteiger partial charge in [0.05, 0.1) is 5.69 Å². The first-order valence-electron chi connectivity index (χ1n) is 5.98. The molecule has 0 spiro atoms. The predicted molar refractivity (Wildman–Crippen MR) is 79.4 cm³/mol. The second-order valence-electron chi connectivity index (χ2n) is 5.64. The maximum Gasteiger partial charge on any atom is 0.0510 e. The van der Waals surface area contributed by atoms with Crippen LogP contribution in [0.15, 0.2) is 22.7 Å². The van der Waals surface area contributed by atoms with Crippen LogP contribution in [-0.4, -0.2) is 13.1 Å². The number of nitrogens with zero attached hydrogens (tertiary/aromatic N) is 1. The summed E-state index contributed by atoms with van der Waals surface area (Å²) in [7, 11) is 2.14. The van der Waals surface area contributed by atoms with E-state index in [4.69, 9.17) is 5.73 Å². The Labute approximate surface area is 113 Å². The number of hydrogen-bond donors (Lipinski definition) is 1. The quantitative estimate of drug-likeness (QED) is 0.920. The molecule has 1 atom stereocenters. The van der Waals surface area contributed by atoms with Crippen LogP contribution in [0.3, 0.4) is 0 Å². The molecule has 0 radical (unpaired) electrons. The van der Waals surface area contributed by atoms with Crippen LogP contribution >= 0.6 is 15.9 Å². The molecule has 0 saturated carbocycles. The van der Waals surface area contributed by atoms with Gasteiger partial charge in [0.1, 0.15) is 0 Å². The van der Waals surface area contributed by atoms with Gasteiger partial charge in [0, 0.05) is 24.1 Å². The zero-order chi connectivity index (χ0) is 13.2. The molecule has 1 aromatic carbocycles. The highest BCUT2D eigenvalue weighted by molar-refractivity contribution is 9.10. The summed E-state index contributed by atoms with van der Waals surface area (Å²) in [5, 5.41) is 0. The Morgan fingerprint density at radius 2 is 1.94 bits per heavy atom. The summed E-state index contributed by atoms with van der Waals surface area (Å²) >= 11 is 3.63. The van der Waals surface area contributed by atoms with Crippen LogP contribution in [0.4, 0.5) is 5.69 Å². The van der Waals surface area contributed by atoms with Gasteiger partial charge in [-0.15, -0.1) is 0 Å². The first kappa shape index (κ1) is 14.5. The lowest BCUT2D eigenvalue weighted by atomic mass is 9.87. The van der Waals surface area contributed by atoms with E-state index in [0.29, 0.717) is 12.6 Å². The highest BCUT2D eigenvalue weighted by Crippen LogP contribution is 2.32. The minimum absolute atomic E-state index is 0.251. The minimum Gasteiger partial charge on any atom is -0.370 e. The van der Waals surface area contributed by atoms with E-state index in [1.54, 1.807) is 0 Å². The molecule has 17 heavy (non-hydrogen) atoms. The van der Waals surface area contributed by atoms with Gasteiger partial charge in [-0.1, -0.05) is 26.8 Å². The number of benzene rings is 1. The molecule has 0 aliphatic carbocycles. The molecule has 0 saturated heterocycles. The van der Waals surface area contributed by atoms with Crippen molar-refractivity contribution in [2.75, 3.05) is 11.9 Å². The van der Waals surface area contributed by atoms with E-state index in [-0.39, 0.29) is 5.41 Å². The molecule has 1 rings (SSSR count). The van der Waals surface area contributed by atoms with Crippen LogP contribution in [0.25, 0.3) is 0 Å². The summed E-state index contributed by atoms with van der Waals surface area (Å²) in [6.07, 6.45) is 0. The lowest BCUT2D eigenvalue weighted by Crippen LogP contribution is -2.39. The molecule has 0 bridgehead atoms. The van der Waals surface area contributed by atoms with Crippen LogP contribution in [0.1, 0.15) is 33.3 Å². The summed E-state index contributed by atoms with van der Waals surface area (Å²) in [6, 6.07) is 6.78. The molecule has 0 fully saturated rings. The number of hydrogen-bond acceptors (Lipinski definition) is 2. The van der Waals surface area contributed by atoms with E-state index in [9.17, 15) is 0 Å². The number of nitrogens with two attached hydrogens (primary N) is 1. The highest BCUT2D eigenvalue weighted by Gasteiger charge is 2.25. The first-order chi connectivity index (χ1) is 7.77. The predicted octanol–water partition coefficient (Wildman–Crippen LogP) is 3.78. The largest absolute Gasteiger partial charge is 0.370 e. The molecule has 2 N–H and O–H groups in total. The summed E-state index contributed by atoms with van der Waals surface area (Å²) in [6.45, 7) is 9.61. The summed E-state index contributed by atoms with van der Waals surface area (Å²) < 4.78 is 1.11.